The summed E-state index contributed by atoms with van der Waals surface area (Å²) in [7, 11) is 1.63. The Hall–Kier alpha value is -2.89. The van der Waals surface area contributed by atoms with Crippen LogP contribution in [0.5, 0.6) is 5.75 Å². The fraction of sp³-hybridized carbons (Fsp3) is 0.435. The number of benzene rings is 2. The summed E-state index contributed by atoms with van der Waals surface area (Å²) in [4.78, 5) is 19.3. The molecule has 154 valence electrons. The van der Waals surface area contributed by atoms with Crippen molar-refractivity contribution in [1.29, 1.82) is 0 Å². The molecule has 4 rings (SSSR count). The van der Waals surface area contributed by atoms with Crippen molar-refractivity contribution in [3.05, 3.63) is 48.5 Å². The van der Waals surface area contributed by atoms with Gasteiger partial charge in [-0.1, -0.05) is 0 Å². The number of urea groups is 1. The molecule has 0 spiro atoms. The maximum absolute atomic E-state index is 12.5. The number of methoxy groups -OCH3 is 1. The van der Waals surface area contributed by atoms with Gasteiger partial charge in [-0.25, -0.2) is 4.79 Å². The van der Waals surface area contributed by atoms with E-state index in [0.717, 1.165) is 37.6 Å². The number of hydrogen-bond acceptors (Lipinski definition) is 4. The van der Waals surface area contributed by atoms with Gasteiger partial charge < -0.3 is 24.8 Å². The van der Waals surface area contributed by atoms with Crippen molar-refractivity contribution in [3.8, 4) is 5.75 Å². The number of piperidine rings is 1. The second-order valence-electron chi connectivity index (χ2n) is 7.70. The molecule has 2 aliphatic heterocycles. The number of ether oxygens (including phenoxy) is 1. The molecule has 1 N–H and O–H groups in total. The first-order chi connectivity index (χ1) is 14.2. The van der Waals surface area contributed by atoms with Crippen LogP contribution in [0.1, 0.15) is 19.3 Å². The predicted octanol–water partition coefficient (Wildman–Crippen LogP) is 4.04. The van der Waals surface area contributed by atoms with Gasteiger partial charge >= 0.3 is 6.03 Å². The normalized spacial score (nSPS) is 17.2. The van der Waals surface area contributed by atoms with E-state index in [9.17, 15) is 4.79 Å². The van der Waals surface area contributed by atoms with Gasteiger partial charge in [0.15, 0.2) is 0 Å². The number of amides is 2. The zero-order chi connectivity index (χ0) is 20.1. The van der Waals surface area contributed by atoms with Gasteiger partial charge in [0.1, 0.15) is 5.75 Å². The average Bonchev–Trinajstić information content (AvgIpc) is 2.80. The van der Waals surface area contributed by atoms with E-state index in [-0.39, 0.29) is 6.03 Å². The van der Waals surface area contributed by atoms with Crippen molar-refractivity contribution in [2.75, 3.05) is 61.5 Å². The van der Waals surface area contributed by atoms with Gasteiger partial charge in [-0.2, -0.15) is 0 Å². The summed E-state index contributed by atoms with van der Waals surface area (Å²) in [5.41, 5.74) is 3.35. The smallest absolute Gasteiger partial charge is 0.321 e. The third-order valence-corrected chi connectivity index (χ3v) is 5.84. The molecule has 0 atom stereocenters. The molecule has 2 saturated heterocycles. The van der Waals surface area contributed by atoms with Crippen molar-refractivity contribution in [1.82, 2.24) is 4.90 Å². The number of anilines is 3. The number of nitrogens with one attached hydrogen (secondary N) is 1. The van der Waals surface area contributed by atoms with E-state index < -0.39 is 0 Å². The van der Waals surface area contributed by atoms with Crippen molar-refractivity contribution in [3.63, 3.8) is 0 Å². The summed E-state index contributed by atoms with van der Waals surface area (Å²) < 4.78 is 5.15. The van der Waals surface area contributed by atoms with Crippen molar-refractivity contribution >= 4 is 23.1 Å². The molecule has 2 aromatic rings. The minimum absolute atomic E-state index is 0.0461. The van der Waals surface area contributed by atoms with Gasteiger partial charge in [-0.05, 0) is 67.8 Å². The van der Waals surface area contributed by atoms with Gasteiger partial charge in [0.25, 0.3) is 0 Å². The Morgan fingerprint density at radius 1 is 0.759 bits per heavy atom. The predicted molar refractivity (Wildman–Crippen MR) is 118 cm³/mol. The van der Waals surface area contributed by atoms with Crippen LogP contribution in [-0.2, 0) is 0 Å². The van der Waals surface area contributed by atoms with Crippen LogP contribution in [0.2, 0.25) is 0 Å². The van der Waals surface area contributed by atoms with Gasteiger partial charge in [0, 0.05) is 56.3 Å². The summed E-state index contributed by atoms with van der Waals surface area (Å²) >= 11 is 0. The molecule has 6 nitrogen and oxygen atoms in total. The molecule has 0 bridgehead atoms. The lowest BCUT2D eigenvalue weighted by Crippen LogP contribution is -2.50. The maximum atomic E-state index is 12.5. The number of nitrogens with zero attached hydrogens (tertiary/aromatic N) is 3. The van der Waals surface area contributed by atoms with E-state index in [1.165, 1.54) is 43.7 Å². The third kappa shape index (κ3) is 4.75. The Morgan fingerprint density at radius 3 is 1.86 bits per heavy atom. The number of hydrogen-bond donors (Lipinski definition) is 1. The highest BCUT2D eigenvalue weighted by Crippen LogP contribution is 2.24. The molecule has 0 saturated carbocycles. The lowest BCUT2D eigenvalue weighted by Gasteiger charge is -2.36. The fourth-order valence-corrected chi connectivity index (χ4v) is 4.07. The van der Waals surface area contributed by atoms with E-state index in [2.05, 4.69) is 39.4 Å². The van der Waals surface area contributed by atoms with Crippen molar-refractivity contribution in [2.24, 2.45) is 0 Å². The second-order valence-corrected chi connectivity index (χ2v) is 7.70. The number of carbonyl (C=O) groups excluding carboxylic acids is 1. The summed E-state index contributed by atoms with van der Waals surface area (Å²) in [6.45, 7) is 5.46. The van der Waals surface area contributed by atoms with Crippen LogP contribution < -0.4 is 19.9 Å². The van der Waals surface area contributed by atoms with Crippen LogP contribution in [0, 0.1) is 0 Å². The molecule has 2 fully saturated rings. The first-order valence-corrected chi connectivity index (χ1v) is 10.5. The molecule has 2 aromatic carbocycles. The topological polar surface area (TPSA) is 48.1 Å². The quantitative estimate of drug-likeness (QED) is 0.850. The molecule has 2 heterocycles. The molecule has 0 aromatic heterocycles. The molecule has 0 aliphatic carbocycles. The van der Waals surface area contributed by atoms with E-state index in [4.69, 9.17) is 4.74 Å². The van der Waals surface area contributed by atoms with Crippen LogP contribution in [0.25, 0.3) is 0 Å². The van der Waals surface area contributed by atoms with Crippen LogP contribution in [0.3, 0.4) is 0 Å². The monoisotopic (exact) mass is 394 g/mol. The molecule has 6 heteroatoms. The average molecular weight is 395 g/mol. The zero-order valence-electron chi connectivity index (χ0n) is 17.1. The van der Waals surface area contributed by atoms with Gasteiger partial charge in [0.05, 0.1) is 7.11 Å². The lowest BCUT2D eigenvalue weighted by atomic mass is 10.1. The molecule has 2 amide bonds. The largest absolute Gasteiger partial charge is 0.497 e. The van der Waals surface area contributed by atoms with Gasteiger partial charge in [-0.3, -0.25) is 0 Å². The first kappa shape index (κ1) is 19.4. The minimum Gasteiger partial charge on any atom is -0.497 e. The maximum Gasteiger partial charge on any atom is 0.321 e. The van der Waals surface area contributed by atoms with E-state index in [1.807, 2.05) is 29.2 Å². The van der Waals surface area contributed by atoms with Crippen LogP contribution in [0.4, 0.5) is 21.9 Å². The second kappa shape index (κ2) is 9.07. The Labute approximate surface area is 173 Å². The summed E-state index contributed by atoms with van der Waals surface area (Å²) in [5, 5.41) is 2.97. The van der Waals surface area contributed by atoms with E-state index >= 15 is 0 Å². The lowest BCUT2D eigenvalue weighted by molar-refractivity contribution is 0.208. The van der Waals surface area contributed by atoms with Gasteiger partial charge in [0.2, 0.25) is 0 Å². The van der Waals surface area contributed by atoms with Crippen molar-refractivity contribution < 1.29 is 9.53 Å². The van der Waals surface area contributed by atoms with Crippen LogP contribution >= 0.6 is 0 Å². The first-order valence-electron chi connectivity index (χ1n) is 10.5. The van der Waals surface area contributed by atoms with Gasteiger partial charge in [-0.15, -0.1) is 0 Å². The van der Waals surface area contributed by atoms with Crippen LogP contribution in [0.15, 0.2) is 48.5 Å². The molecule has 29 heavy (non-hydrogen) atoms. The van der Waals surface area contributed by atoms with E-state index in [1.54, 1.807) is 7.11 Å². The zero-order valence-corrected chi connectivity index (χ0v) is 17.1. The molecule has 0 unspecified atom stereocenters. The Bertz CT molecular complexity index is 793. The summed E-state index contributed by atoms with van der Waals surface area (Å²) in [5.74, 6) is 0.780. The number of piperazine rings is 1. The Balaban J connectivity index is 1.28. The van der Waals surface area contributed by atoms with Crippen molar-refractivity contribution in [2.45, 2.75) is 19.3 Å². The fourth-order valence-electron chi connectivity index (χ4n) is 4.07. The Kier molecular flexibility index (Phi) is 6.08. The third-order valence-electron chi connectivity index (χ3n) is 5.84. The highest BCUT2D eigenvalue weighted by Gasteiger charge is 2.21. The number of rotatable bonds is 4. The highest BCUT2D eigenvalue weighted by atomic mass is 16.5. The Morgan fingerprint density at radius 2 is 1.31 bits per heavy atom. The van der Waals surface area contributed by atoms with E-state index in [0.29, 0.717) is 0 Å². The SMILES string of the molecule is COc1ccc(NC(=O)N2CCN(c3ccc(N4CCCCC4)cc3)CC2)cc1. The summed E-state index contributed by atoms with van der Waals surface area (Å²) in [6.07, 6.45) is 3.94. The number of carbonyl (C=O) groups is 1. The highest BCUT2D eigenvalue weighted by molar-refractivity contribution is 5.89. The molecular weight excluding hydrogens is 364 g/mol. The minimum atomic E-state index is -0.0461. The molecular formula is C23H30N4O2. The molecule has 2 aliphatic rings. The summed E-state index contributed by atoms with van der Waals surface area (Å²) in [6, 6.07) is 16.3. The van der Waals surface area contributed by atoms with Crippen LogP contribution in [-0.4, -0.2) is 57.3 Å². The molecule has 0 radical (unpaired) electrons. The standard InChI is InChI=1S/C23H30N4O2/c1-29-22-11-5-19(6-12-22)24-23(28)27-17-15-26(16-18-27)21-9-7-20(8-10-21)25-13-3-2-4-14-25/h5-12H,2-4,13-18H2,1H3,(H,24,28).